The molecular formula is C52H45BBrCl2F6N4O12S2. The molecule has 0 bridgehead atoms. The lowest BCUT2D eigenvalue weighted by Gasteiger charge is -2.11. The summed E-state index contributed by atoms with van der Waals surface area (Å²) in [5.74, 6) is -1.32. The summed E-state index contributed by atoms with van der Waals surface area (Å²) in [6.45, 7) is 3.33. The van der Waals surface area contributed by atoms with Gasteiger partial charge in [-0.05, 0) is 109 Å². The van der Waals surface area contributed by atoms with Gasteiger partial charge in [-0.25, -0.2) is 9.59 Å². The largest absolute Gasteiger partial charge is 0.573 e. The van der Waals surface area contributed by atoms with E-state index in [1.807, 2.05) is 0 Å². The van der Waals surface area contributed by atoms with Gasteiger partial charge < -0.3 is 28.6 Å². The van der Waals surface area contributed by atoms with E-state index in [2.05, 4.69) is 30.1 Å². The zero-order valence-corrected chi connectivity index (χ0v) is 47.1. The predicted octanol–water partition coefficient (Wildman–Crippen LogP) is 10.9. The number of hydrogen-bond acceptors (Lipinski definition) is 14. The number of carbonyl (C=O) groups excluding carboxylic acids is 2. The Kier molecular flexibility index (Phi) is 21.5. The number of thiophene rings is 2. The number of benzene rings is 4. The first-order chi connectivity index (χ1) is 37.9. The first kappa shape index (κ1) is 62.4. The third-order valence-electron chi connectivity index (χ3n) is 11.3. The van der Waals surface area contributed by atoms with Gasteiger partial charge in [0, 0.05) is 52.3 Å². The molecule has 80 heavy (non-hydrogen) atoms. The number of nitrogens with zero attached hydrogens (tertiary/aromatic N) is 4. The number of aryl methyl sites for hydroxylation is 2. The molecule has 28 heteroatoms. The molecule has 4 aromatic heterocycles. The number of ether oxygens (including phenoxy) is 4. The topological polar surface area (TPSA) is 189 Å². The van der Waals surface area contributed by atoms with E-state index in [4.69, 9.17) is 37.7 Å². The van der Waals surface area contributed by atoms with Crippen LogP contribution in [-0.2, 0) is 58.0 Å². The summed E-state index contributed by atoms with van der Waals surface area (Å²) in [4.78, 5) is 78.0. The maximum Gasteiger partial charge on any atom is 0.573 e. The van der Waals surface area contributed by atoms with Crippen LogP contribution in [-0.4, -0.2) is 68.9 Å². The van der Waals surface area contributed by atoms with Crippen LogP contribution in [0.1, 0.15) is 43.4 Å². The van der Waals surface area contributed by atoms with E-state index >= 15 is 0 Å². The van der Waals surface area contributed by atoms with Crippen molar-refractivity contribution in [3.63, 3.8) is 0 Å². The first-order valence-corrected chi connectivity index (χ1v) is 27.1. The third-order valence-corrected chi connectivity index (χ3v) is 15.1. The molecule has 0 atom stereocenters. The van der Waals surface area contributed by atoms with Crippen LogP contribution >= 0.6 is 61.8 Å². The Balaban J connectivity index is 0.000000222. The van der Waals surface area contributed by atoms with Crippen molar-refractivity contribution < 1.29 is 64.6 Å². The molecule has 0 aliphatic rings. The Bertz CT molecular complexity index is 3750. The molecule has 0 aliphatic heterocycles. The number of esters is 2. The van der Waals surface area contributed by atoms with Gasteiger partial charge in [0.05, 0.1) is 36.8 Å². The van der Waals surface area contributed by atoms with Crippen molar-refractivity contribution in [2.45, 2.75) is 64.3 Å². The molecule has 0 spiro atoms. The van der Waals surface area contributed by atoms with Gasteiger partial charge in [-0.1, -0.05) is 75.5 Å². The molecule has 8 rings (SSSR count). The van der Waals surface area contributed by atoms with Crippen molar-refractivity contribution in [1.82, 2.24) is 18.3 Å². The number of aromatic nitrogens is 4. The zero-order valence-electron chi connectivity index (χ0n) is 42.4. The summed E-state index contributed by atoms with van der Waals surface area (Å²) in [5.41, 5.74) is 0.260. The number of alkyl halides is 7. The minimum absolute atomic E-state index is 0.147. The average Bonchev–Trinajstić information content (AvgIpc) is 4.23. The van der Waals surface area contributed by atoms with Crippen LogP contribution in [0.3, 0.4) is 0 Å². The van der Waals surface area contributed by atoms with Crippen molar-refractivity contribution in [2.75, 3.05) is 13.2 Å². The Labute approximate surface area is 477 Å². The molecule has 0 fully saturated rings. The van der Waals surface area contributed by atoms with Gasteiger partial charge in [0.1, 0.15) is 26.9 Å². The van der Waals surface area contributed by atoms with Crippen molar-refractivity contribution in [3.8, 4) is 38.1 Å². The lowest BCUT2D eigenvalue weighted by molar-refractivity contribution is -0.275. The smallest absolute Gasteiger partial charge is 0.537 e. The van der Waals surface area contributed by atoms with Gasteiger partial charge in [0.2, 0.25) is 0 Å². The quantitative estimate of drug-likeness (QED) is 0.0394. The summed E-state index contributed by atoms with van der Waals surface area (Å²) in [6, 6.07) is 24.5. The van der Waals surface area contributed by atoms with Crippen molar-refractivity contribution >= 4 is 102 Å². The molecule has 8 aromatic rings. The van der Waals surface area contributed by atoms with Gasteiger partial charge in [0.25, 0.3) is 11.1 Å². The van der Waals surface area contributed by atoms with E-state index < -0.39 is 58.7 Å². The van der Waals surface area contributed by atoms with E-state index in [9.17, 15) is 55.1 Å². The van der Waals surface area contributed by atoms with Gasteiger partial charge >= 0.3 is 43.7 Å². The summed E-state index contributed by atoms with van der Waals surface area (Å²) < 4.78 is 103. The van der Waals surface area contributed by atoms with E-state index in [1.54, 1.807) is 74.5 Å². The standard InChI is InChI=1S/C26H22ClF3N2O5S.C20H18BrF3N2O5S.C6H5BClO2/c1-3-36-20(33)11-12-32-23(34)21-19(13-15-7-9-17(27)10-8-15)22(38-24(21)31(2)25(32)35)16-5-4-6-18(14-16)37-26(28,29)30;1-3-30-14(27)7-8-26-17(28)15-13(10-21)16(32-18(15)25(2)19(26)29)11-5-4-6-12(9-11)31-20(22,23)24;8-5-1-3-6(4-2-5)10-7-9/h4-10,14H,3,11-13H2,1-2H3;4-6,9H,3,7-8,10H2,1-2H3;1-4,9H. The minimum atomic E-state index is -4.87. The highest BCUT2D eigenvalue weighted by atomic mass is 79.9. The molecule has 0 unspecified atom stereocenters. The maximum atomic E-state index is 13.6. The average molecular weight is 1260 g/mol. The monoisotopic (exact) mass is 1260 g/mol. The van der Waals surface area contributed by atoms with E-state index in [-0.39, 0.29) is 61.7 Å². The fraction of sp³-hybridized carbons (Fsp3) is 0.269. The Morgan fingerprint density at radius 3 is 1.44 bits per heavy atom. The lowest BCUT2D eigenvalue weighted by atomic mass is 10.00. The molecule has 0 saturated heterocycles. The van der Waals surface area contributed by atoms with Crippen LogP contribution in [0.15, 0.2) is 116 Å². The molecular weight excluding hydrogens is 1210 g/mol. The molecule has 4 aromatic carbocycles. The van der Waals surface area contributed by atoms with Crippen LogP contribution in [0, 0.1) is 0 Å². The molecule has 0 aliphatic carbocycles. The van der Waals surface area contributed by atoms with E-state index in [0.29, 0.717) is 65.1 Å². The summed E-state index contributed by atoms with van der Waals surface area (Å²) in [6.07, 6.45) is -9.79. The van der Waals surface area contributed by atoms with E-state index in [0.717, 1.165) is 37.4 Å². The van der Waals surface area contributed by atoms with Crippen molar-refractivity contribution in [3.05, 3.63) is 165 Å². The van der Waals surface area contributed by atoms with Crippen LogP contribution in [0.2, 0.25) is 10.0 Å². The molecule has 423 valence electrons. The van der Waals surface area contributed by atoms with Crippen LogP contribution in [0.4, 0.5) is 26.3 Å². The normalized spacial score (nSPS) is 11.3. The number of carbonyl (C=O) groups is 2. The van der Waals surface area contributed by atoms with Gasteiger partial charge in [0.15, 0.2) is 0 Å². The Hall–Kier alpha value is -6.84. The van der Waals surface area contributed by atoms with Crippen molar-refractivity contribution in [1.29, 1.82) is 0 Å². The third kappa shape index (κ3) is 16.0. The fourth-order valence-electron chi connectivity index (χ4n) is 7.88. The number of halogens is 9. The Morgan fingerprint density at radius 1 is 0.625 bits per heavy atom. The highest BCUT2D eigenvalue weighted by Crippen LogP contribution is 2.41. The maximum absolute atomic E-state index is 13.6. The van der Waals surface area contributed by atoms with Crippen LogP contribution in [0.25, 0.3) is 41.3 Å². The highest BCUT2D eigenvalue weighted by Gasteiger charge is 2.33. The number of rotatable bonds is 17. The molecule has 0 amide bonds. The summed E-state index contributed by atoms with van der Waals surface area (Å²) >= 11 is 17.2. The van der Waals surface area contributed by atoms with Crippen LogP contribution < -0.4 is 36.6 Å². The Morgan fingerprint density at radius 2 is 1.04 bits per heavy atom. The van der Waals surface area contributed by atoms with Crippen molar-refractivity contribution in [2.24, 2.45) is 14.1 Å². The number of hydrogen-bond donors (Lipinski definition) is 1. The predicted molar refractivity (Wildman–Crippen MR) is 296 cm³/mol. The second-order valence-corrected chi connectivity index (χ2v) is 20.1. The highest BCUT2D eigenvalue weighted by molar-refractivity contribution is 9.08. The summed E-state index contributed by atoms with van der Waals surface area (Å²) in [7, 11) is 3.62. The minimum Gasteiger partial charge on any atom is -0.537 e. The second kappa shape index (κ2) is 27.6. The fourth-order valence-corrected chi connectivity index (χ4v) is 11.4. The van der Waals surface area contributed by atoms with Gasteiger partial charge in [-0.2, -0.15) is 0 Å². The molecule has 4 heterocycles. The first-order valence-electron chi connectivity index (χ1n) is 23.6. The SMILES string of the molecule is CCOC(=O)CCn1c(=O)c2c(CBr)c(-c3cccc(OC(F)(F)F)c3)sc2n(C)c1=O.CCOC(=O)CCn1c(=O)c2c(Cc3ccc(Cl)cc3)c(-c3cccc(OC(F)(F)F)c3)sc2n(C)c1=O.O[B]Oc1ccc(Cl)cc1. The molecule has 16 nitrogen and oxygen atoms in total. The molecule has 1 N–H and O–H groups in total. The van der Waals surface area contributed by atoms with Gasteiger partial charge in [-0.15, -0.1) is 49.0 Å². The lowest BCUT2D eigenvalue weighted by Crippen LogP contribution is -2.39. The molecule has 1 radical (unpaired) electrons. The number of fused-ring (bicyclic) bond motifs is 2. The summed E-state index contributed by atoms with van der Waals surface area (Å²) in [5, 5.41) is 10.1. The molecule has 0 saturated carbocycles. The van der Waals surface area contributed by atoms with E-state index in [1.165, 1.54) is 59.6 Å². The zero-order chi connectivity index (χ0) is 58.6. The van der Waals surface area contributed by atoms with Gasteiger partial charge in [-0.3, -0.25) is 37.4 Å². The van der Waals surface area contributed by atoms with Crippen LogP contribution in [0.5, 0.6) is 17.2 Å². The second-order valence-electron chi connectivity index (χ2n) is 16.7.